The van der Waals surface area contributed by atoms with Crippen LogP contribution in [0.1, 0.15) is 17.1 Å². The van der Waals surface area contributed by atoms with Crippen LogP contribution in [0.15, 0.2) is 24.3 Å². The summed E-state index contributed by atoms with van der Waals surface area (Å²) < 4.78 is 15.9. The summed E-state index contributed by atoms with van der Waals surface area (Å²) in [6.45, 7) is 2.08. The Morgan fingerprint density at radius 1 is 1.28 bits per heavy atom. The number of para-hydroxylation sites is 1. The van der Waals surface area contributed by atoms with Crippen molar-refractivity contribution >= 4 is 35.4 Å². The van der Waals surface area contributed by atoms with Crippen LogP contribution in [-0.4, -0.2) is 56.4 Å². The first-order valence-corrected chi connectivity index (χ1v) is 10.1. The van der Waals surface area contributed by atoms with E-state index in [2.05, 4.69) is 5.32 Å². The van der Waals surface area contributed by atoms with Gasteiger partial charge in [0.05, 0.1) is 11.2 Å². The van der Waals surface area contributed by atoms with E-state index in [4.69, 9.17) is 14.2 Å². The smallest absolute Gasteiger partial charge is 0.344 e. The first-order valence-electron chi connectivity index (χ1n) is 8.03. The number of nitrogens with one attached hydrogen (secondary N) is 1. The number of methoxy groups -OCH3 is 1. The molecule has 0 spiro atoms. The average Bonchev–Trinajstić information content (AvgIpc) is 3.14. The molecule has 1 amide bonds. The second kappa shape index (κ2) is 10.6. The zero-order valence-corrected chi connectivity index (χ0v) is 16.0. The molecule has 1 aliphatic rings. The molecular weight excluding hydrogens is 362 g/mol. The van der Waals surface area contributed by atoms with Crippen LogP contribution < -0.4 is 10.1 Å². The third-order valence-electron chi connectivity index (χ3n) is 3.42. The second-order valence-electron chi connectivity index (χ2n) is 5.32. The summed E-state index contributed by atoms with van der Waals surface area (Å²) in [6.07, 6.45) is -0.871. The Bertz CT molecular complexity index is 578. The Morgan fingerprint density at radius 2 is 2.00 bits per heavy atom. The minimum atomic E-state index is -0.871. The molecule has 1 N–H and O–H groups in total. The van der Waals surface area contributed by atoms with E-state index in [1.165, 1.54) is 6.92 Å². The standard InChI is InChI=1S/C17H23NO5S2/c1-12(16(20)18-7-8-21-2)23-15(19)11-22-14-6-4-3-5-13(14)17-24-9-10-25-17/h3-6,12,17H,7-11H2,1-2H3,(H,18,20)/t12-/m1/s1. The highest BCUT2D eigenvalue weighted by Crippen LogP contribution is 2.48. The highest BCUT2D eigenvalue weighted by Gasteiger charge is 2.22. The largest absolute Gasteiger partial charge is 0.482 e. The van der Waals surface area contributed by atoms with Crippen LogP contribution in [0.4, 0.5) is 0 Å². The number of thioether (sulfide) groups is 2. The number of benzene rings is 1. The van der Waals surface area contributed by atoms with E-state index in [-0.39, 0.29) is 12.5 Å². The predicted molar refractivity (Wildman–Crippen MR) is 100 cm³/mol. The van der Waals surface area contributed by atoms with Gasteiger partial charge in [-0.25, -0.2) is 4.79 Å². The third kappa shape index (κ3) is 6.45. The minimum absolute atomic E-state index is 0.227. The highest BCUT2D eigenvalue weighted by molar-refractivity contribution is 8.19. The lowest BCUT2D eigenvalue weighted by Crippen LogP contribution is -2.38. The number of rotatable bonds is 9. The van der Waals surface area contributed by atoms with Crippen molar-refractivity contribution in [2.75, 3.05) is 38.4 Å². The average molecular weight is 386 g/mol. The molecular formula is C17H23NO5S2. The molecule has 1 fully saturated rings. The number of esters is 1. The molecule has 0 radical (unpaired) electrons. The summed E-state index contributed by atoms with van der Waals surface area (Å²) in [4.78, 5) is 23.7. The molecule has 6 nitrogen and oxygen atoms in total. The van der Waals surface area contributed by atoms with Crippen LogP contribution in [0.3, 0.4) is 0 Å². The summed E-state index contributed by atoms with van der Waals surface area (Å²) in [5, 5.41) is 2.62. The maximum atomic E-state index is 11.9. The number of hydrogen-bond acceptors (Lipinski definition) is 7. The molecule has 25 heavy (non-hydrogen) atoms. The third-order valence-corrected chi connectivity index (χ3v) is 6.49. The first kappa shape index (κ1) is 19.9. The van der Waals surface area contributed by atoms with Crippen LogP contribution in [-0.2, 0) is 19.1 Å². The van der Waals surface area contributed by atoms with E-state index in [0.717, 1.165) is 17.1 Å². The maximum Gasteiger partial charge on any atom is 0.344 e. The van der Waals surface area contributed by atoms with Crippen molar-refractivity contribution in [2.24, 2.45) is 0 Å². The van der Waals surface area contributed by atoms with Gasteiger partial charge in [-0.15, -0.1) is 23.5 Å². The normalized spacial score (nSPS) is 15.6. The molecule has 1 heterocycles. The lowest BCUT2D eigenvalue weighted by atomic mass is 10.2. The number of ether oxygens (including phenoxy) is 3. The zero-order valence-electron chi connectivity index (χ0n) is 14.4. The van der Waals surface area contributed by atoms with Gasteiger partial charge < -0.3 is 19.5 Å². The molecule has 138 valence electrons. The summed E-state index contributed by atoms with van der Waals surface area (Å²) in [5.41, 5.74) is 1.08. The van der Waals surface area contributed by atoms with E-state index in [9.17, 15) is 9.59 Å². The van der Waals surface area contributed by atoms with Crippen molar-refractivity contribution in [1.29, 1.82) is 0 Å². The Balaban J connectivity index is 1.81. The van der Waals surface area contributed by atoms with Gasteiger partial charge in [0.2, 0.25) is 0 Å². The molecule has 0 unspecified atom stereocenters. The molecule has 1 aromatic carbocycles. The van der Waals surface area contributed by atoms with E-state index >= 15 is 0 Å². The van der Waals surface area contributed by atoms with Gasteiger partial charge in [-0.05, 0) is 13.0 Å². The number of amides is 1. The summed E-state index contributed by atoms with van der Waals surface area (Å²) in [7, 11) is 1.55. The molecule has 1 saturated heterocycles. The molecule has 8 heteroatoms. The van der Waals surface area contributed by atoms with Gasteiger partial charge in [-0.1, -0.05) is 18.2 Å². The minimum Gasteiger partial charge on any atom is -0.482 e. The van der Waals surface area contributed by atoms with Gasteiger partial charge in [-0.3, -0.25) is 4.79 Å². The molecule has 2 rings (SSSR count). The van der Waals surface area contributed by atoms with Crippen LogP contribution in [0.2, 0.25) is 0 Å². The van der Waals surface area contributed by atoms with Crippen LogP contribution in [0, 0.1) is 0 Å². The lowest BCUT2D eigenvalue weighted by molar-refractivity contribution is -0.156. The van der Waals surface area contributed by atoms with Crippen molar-refractivity contribution in [3.05, 3.63) is 29.8 Å². The molecule has 0 saturated carbocycles. The summed E-state index contributed by atoms with van der Waals surface area (Å²) in [6, 6.07) is 7.71. The molecule has 1 aromatic rings. The van der Waals surface area contributed by atoms with Crippen molar-refractivity contribution in [3.63, 3.8) is 0 Å². The van der Waals surface area contributed by atoms with Crippen LogP contribution in [0.25, 0.3) is 0 Å². The number of hydrogen-bond donors (Lipinski definition) is 1. The van der Waals surface area contributed by atoms with Gasteiger partial charge in [0.1, 0.15) is 5.75 Å². The summed E-state index contributed by atoms with van der Waals surface area (Å²) >= 11 is 3.74. The van der Waals surface area contributed by atoms with Crippen molar-refractivity contribution in [2.45, 2.75) is 17.6 Å². The van der Waals surface area contributed by atoms with Crippen molar-refractivity contribution in [1.82, 2.24) is 5.32 Å². The van der Waals surface area contributed by atoms with E-state index in [1.54, 1.807) is 7.11 Å². The van der Waals surface area contributed by atoms with Gasteiger partial charge in [0.25, 0.3) is 5.91 Å². The second-order valence-corrected chi connectivity index (χ2v) is 8.04. The van der Waals surface area contributed by atoms with Crippen molar-refractivity contribution in [3.8, 4) is 5.75 Å². The summed E-state index contributed by atoms with van der Waals surface area (Å²) in [5.74, 6) is 1.98. The van der Waals surface area contributed by atoms with Crippen LogP contribution in [0.5, 0.6) is 5.75 Å². The van der Waals surface area contributed by atoms with Crippen LogP contribution >= 0.6 is 23.5 Å². The highest BCUT2D eigenvalue weighted by atomic mass is 32.2. The Labute approximate surface area is 156 Å². The fraction of sp³-hybridized carbons (Fsp3) is 0.529. The van der Waals surface area contributed by atoms with E-state index < -0.39 is 12.1 Å². The Morgan fingerprint density at radius 3 is 2.72 bits per heavy atom. The van der Waals surface area contributed by atoms with Gasteiger partial charge in [-0.2, -0.15) is 0 Å². The first-order chi connectivity index (χ1) is 12.1. The maximum absolute atomic E-state index is 11.9. The van der Waals surface area contributed by atoms with Crippen molar-refractivity contribution < 1.29 is 23.8 Å². The van der Waals surface area contributed by atoms with E-state index in [0.29, 0.717) is 23.5 Å². The molecule has 0 aromatic heterocycles. The topological polar surface area (TPSA) is 73.9 Å². The molecule has 1 aliphatic heterocycles. The van der Waals surface area contributed by atoms with E-state index in [1.807, 2.05) is 47.8 Å². The van der Waals surface area contributed by atoms with Gasteiger partial charge in [0.15, 0.2) is 12.7 Å². The lowest BCUT2D eigenvalue weighted by Gasteiger charge is -2.16. The number of carbonyl (C=O) groups excluding carboxylic acids is 2. The van der Waals surface area contributed by atoms with Gasteiger partial charge in [0, 0.05) is 30.7 Å². The number of carbonyl (C=O) groups is 2. The predicted octanol–water partition coefficient (Wildman–Crippen LogP) is 2.24. The molecule has 0 aliphatic carbocycles. The fourth-order valence-electron chi connectivity index (χ4n) is 2.19. The SMILES string of the molecule is COCCNC(=O)[C@@H](C)OC(=O)COc1ccccc1C1SCCS1. The Hall–Kier alpha value is -1.38. The quantitative estimate of drug-likeness (QED) is 0.516. The molecule has 1 atom stereocenters. The monoisotopic (exact) mass is 385 g/mol. The zero-order chi connectivity index (χ0) is 18.1. The Kier molecular flexibility index (Phi) is 8.43. The van der Waals surface area contributed by atoms with Gasteiger partial charge >= 0.3 is 5.97 Å². The molecule has 0 bridgehead atoms. The fourth-order valence-corrected chi connectivity index (χ4v) is 5.09.